The van der Waals surface area contributed by atoms with Crippen molar-refractivity contribution in [3.05, 3.63) is 0 Å². The van der Waals surface area contributed by atoms with Crippen LogP contribution in [0, 0.1) is 5.92 Å². The summed E-state index contributed by atoms with van der Waals surface area (Å²) in [7, 11) is 0. The highest BCUT2D eigenvalue weighted by atomic mass is 32.1. The SMILES string of the molecule is OCC1O[C@@H](OCCCS)C(O)C2C(O)C12O. The molecule has 100 valence electrons. The fourth-order valence-electron chi connectivity index (χ4n) is 2.38. The van der Waals surface area contributed by atoms with Crippen LogP contribution in [0.15, 0.2) is 0 Å². The van der Waals surface area contributed by atoms with Crippen LogP contribution in [0.5, 0.6) is 0 Å². The molecule has 0 amide bonds. The molecule has 1 saturated carbocycles. The Morgan fingerprint density at radius 1 is 1.35 bits per heavy atom. The fraction of sp³-hybridized carbons (Fsp3) is 1.00. The first-order chi connectivity index (χ1) is 8.07. The van der Waals surface area contributed by atoms with Crippen LogP contribution in [0.3, 0.4) is 0 Å². The molecule has 2 rings (SSSR count). The molecule has 1 aliphatic carbocycles. The van der Waals surface area contributed by atoms with E-state index in [0.29, 0.717) is 18.8 Å². The third-order valence-electron chi connectivity index (χ3n) is 3.45. The zero-order chi connectivity index (χ0) is 12.6. The maximum absolute atomic E-state index is 9.97. The Morgan fingerprint density at radius 2 is 2.06 bits per heavy atom. The summed E-state index contributed by atoms with van der Waals surface area (Å²) in [6.45, 7) is -0.0617. The number of aliphatic hydroxyl groups excluding tert-OH is 3. The van der Waals surface area contributed by atoms with Gasteiger partial charge in [0, 0.05) is 0 Å². The normalized spacial score (nSPS) is 48.9. The number of aliphatic hydroxyl groups is 4. The van der Waals surface area contributed by atoms with Crippen LogP contribution >= 0.6 is 12.6 Å². The van der Waals surface area contributed by atoms with E-state index in [-0.39, 0.29) is 0 Å². The van der Waals surface area contributed by atoms with Gasteiger partial charge in [-0.1, -0.05) is 0 Å². The molecule has 0 bridgehead atoms. The van der Waals surface area contributed by atoms with Crippen LogP contribution in [0.4, 0.5) is 0 Å². The van der Waals surface area contributed by atoms with Crippen molar-refractivity contribution in [2.75, 3.05) is 19.0 Å². The summed E-state index contributed by atoms with van der Waals surface area (Å²) in [5.74, 6) is -0.0585. The molecule has 0 aromatic carbocycles. The summed E-state index contributed by atoms with van der Waals surface area (Å²) in [5, 5.41) is 38.5. The number of ether oxygens (including phenoxy) is 2. The van der Waals surface area contributed by atoms with Gasteiger partial charge in [0.15, 0.2) is 6.29 Å². The summed E-state index contributed by atoms with van der Waals surface area (Å²) < 4.78 is 10.6. The maximum Gasteiger partial charge on any atom is 0.184 e. The van der Waals surface area contributed by atoms with Gasteiger partial charge in [-0.2, -0.15) is 12.6 Å². The molecular weight excluding hydrogens is 248 g/mol. The van der Waals surface area contributed by atoms with Gasteiger partial charge in [0.2, 0.25) is 0 Å². The minimum absolute atomic E-state index is 0.366. The molecule has 0 aromatic heterocycles. The van der Waals surface area contributed by atoms with E-state index < -0.39 is 42.7 Å². The summed E-state index contributed by atoms with van der Waals surface area (Å²) in [5.41, 5.74) is -1.54. The van der Waals surface area contributed by atoms with Crippen LogP contribution in [0.1, 0.15) is 6.42 Å². The quantitative estimate of drug-likeness (QED) is 0.295. The monoisotopic (exact) mass is 266 g/mol. The van der Waals surface area contributed by atoms with Crippen LogP contribution in [0.2, 0.25) is 0 Å². The third-order valence-corrected chi connectivity index (χ3v) is 3.77. The van der Waals surface area contributed by atoms with Gasteiger partial charge in [-0.25, -0.2) is 0 Å². The first-order valence-corrected chi connectivity index (χ1v) is 6.27. The van der Waals surface area contributed by atoms with Crippen LogP contribution < -0.4 is 0 Å². The van der Waals surface area contributed by atoms with Crippen molar-refractivity contribution >= 4 is 12.6 Å². The minimum atomic E-state index is -1.54. The van der Waals surface area contributed by atoms with Gasteiger partial charge in [-0.3, -0.25) is 0 Å². The Hall–Kier alpha value is 0.110. The molecule has 0 aromatic rings. The van der Waals surface area contributed by atoms with Crippen molar-refractivity contribution < 1.29 is 29.9 Å². The number of fused-ring (bicyclic) bond motifs is 1. The lowest BCUT2D eigenvalue weighted by atomic mass is 10.0. The molecule has 17 heavy (non-hydrogen) atoms. The molecule has 1 aliphatic heterocycles. The minimum Gasteiger partial charge on any atom is -0.394 e. The van der Waals surface area contributed by atoms with E-state index in [0.717, 1.165) is 0 Å². The van der Waals surface area contributed by atoms with Gasteiger partial charge in [0.25, 0.3) is 0 Å². The largest absolute Gasteiger partial charge is 0.394 e. The van der Waals surface area contributed by atoms with Crippen molar-refractivity contribution in [1.82, 2.24) is 0 Å². The molecule has 0 radical (unpaired) electrons. The lowest BCUT2D eigenvalue weighted by Gasteiger charge is -2.35. The number of hydrogen-bond acceptors (Lipinski definition) is 7. The molecule has 1 saturated heterocycles. The molecule has 6 nitrogen and oxygen atoms in total. The van der Waals surface area contributed by atoms with Crippen molar-refractivity contribution in [1.29, 1.82) is 0 Å². The van der Waals surface area contributed by atoms with Crippen molar-refractivity contribution in [3.63, 3.8) is 0 Å². The summed E-state index contributed by atoms with van der Waals surface area (Å²) >= 11 is 4.03. The third kappa shape index (κ3) is 2.10. The number of hydrogen-bond donors (Lipinski definition) is 5. The smallest absolute Gasteiger partial charge is 0.184 e. The zero-order valence-corrected chi connectivity index (χ0v) is 10.2. The Kier molecular flexibility index (Phi) is 3.99. The van der Waals surface area contributed by atoms with Gasteiger partial charge >= 0.3 is 0 Å². The van der Waals surface area contributed by atoms with Gasteiger partial charge < -0.3 is 29.9 Å². The van der Waals surface area contributed by atoms with Crippen LogP contribution in [-0.4, -0.2) is 69.6 Å². The highest BCUT2D eigenvalue weighted by Crippen LogP contribution is 2.53. The van der Waals surface area contributed by atoms with Gasteiger partial charge in [-0.05, 0) is 12.2 Å². The van der Waals surface area contributed by atoms with E-state index in [1.54, 1.807) is 0 Å². The first kappa shape index (κ1) is 13.5. The van der Waals surface area contributed by atoms with E-state index in [9.17, 15) is 15.3 Å². The van der Waals surface area contributed by atoms with E-state index in [1.807, 2.05) is 0 Å². The predicted molar refractivity (Wildman–Crippen MR) is 60.6 cm³/mol. The molecule has 2 aliphatic rings. The first-order valence-electron chi connectivity index (χ1n) is 5.64. The molecule has 1 heterocycles. The molecular formula is C10H18O6S. The van der Waals surface area contributed by atoms with Crippen LogP contribution in [0.25, 0.3) is 0 Å². The molecule has 6 atom stereocenters. The molecule has 7 heteroatoms. The van der Waals surface area contributed by atoms with E-state index in [2.05, 4.69) is 12.6 Å². The van der Waals surface area contributed by atoms with E-state index >= 15 is 0 Å². The second-order valence-electron chi connectivity index (χ2n) is 4.47. The number of rotatable bonds is 5. The topological polar surface area (TPSA) is 99.4 Å². The molecule has 2 fully saturated rings. The summed E-state index contributed by atoms with van der Waals surface area (Å²) in [6, 6.07) is 0. The second-order valence-corrected chi connectivity index (χ2v) is 4.92. The predicted octanol–water partition coefficient (Wildman–Crippen LogP) is -1.88. The van der Waals surface area contributed by atoms with Gasteiger partial charge in [0.1, 0.15) is 17.8 Å². The summed E-state index contributed by atoms with van der Waals surface area (Å²) in [6.07, 6.45) is -3.30. The average molecular weight is 266 g/mol. The van der Waals surface area contributed by atoms with Crippen molar-refractivity contribution in [2.24, 2.45) is 5.92 Å². The fourth-order valence-corrected chi connectivity index (χ4v) is 2.51. The highest BCUT2D eigenvalue weighted by Gasteiger charge is 2.75. The lowest BCUT2D eigenvalue weighted by molar-refractivity contribution is -0.273. The number of thiol groups is 1. The Morgan fingerprint density at radius 3 is 2.65 bits per heavy atom. The van der Waals surface area contributed by atoms with Crippen molar-refractivity contribution in [3.8, 4) is 0 Å². The second kappa shape index (κ2) is 5.00. The van der Waals surface area contributed by atoms with Gasteiger partial charge in [-0.15, -0.1) is 0 Å². The highest BCUT2D eigenvalue weighted by molar-refractivity contribution is 7.80. The zero-order valence-electron chi connectivity index (χ0n) is 9.27. The Bertz CT molecular complexity index is 274. The maximum atomic E-state index is 9.97. The molecule has 5 unspecified atom stereocenters. The Balaban J connectivity index is 1.97. The van der Waals surface area contributed by atoms with Crippen molar-refractivity contribution in [2.45, 2.75) is 36.6 Å². The van der Waals surface area contributed by atoms with E-state index in [1.165, 1.54) is 0 Å². The molecule has 4 N–H and O–H groups in total. The van der Waals surface area contributed by atoms with Gasteiger partial charge in [0.05, 0.1) is 25.2 Å². The van der Waals surface area contributed by atoms with Crippen LogP contribution in [-0.2, 0) is 9.47 Å². The molecule has 0 spiro atoms. The van der Waals surface area contributed by atoms with E-state index in [4.69, 9.17) is 14.6 Å². The Labute approximate surface area is 105 Å². The lowest BCUT2D eigenvalue weighted by Crippen LogP contribution is -2.51. The standard InChI is InChI=1S/C10H18O6S/c11-4-5-10(14)6(8(10)13)7(12)9(16-5)15-2-1-3-17/h5-9,11-14,17H,1-4H2/t5?,6?,7?,8?,9-,10?/m1/s1. The summed E-state index contributed by atoms with van der Waals surface area (Å²) in [4.78, 5) is 0. The average Bonchev–Trinajstić information content (AvgIpc) is 2.87.